The average molecular weight is 477 g/mol. The van der Waals surface area contributed by atoms with Gasteiger partial charge in [-0.1, -0.05) is 51.7 Å². The molecular formula is C29H36F4O. The van der Waals surface area contributed by atoms with Crippen LogP contribution in [0.15, 0.2) is 24.3 Å². The molecule has 4 unspecified atom stereocenters. The molecule has 0 radical (unpaired) electrons. The van der Waals surface area contributed by atoms with Crippen molar-refractivity contribution >= 4 is 0 Å². The minimum Gasteiger partial charge on any atom is -0.490 e. The molecule has 4 rings (SSSR count). The normalized spacial score (nSPS) is 24.6. The molecule has 0 amide bonds. The van der Waals surface area contributed by atoms with Gasteiger partial charge in [0.1, 0.15) is 0 Å². The van der Waals surface area contributed by atoms with Crippen LogP contribution in [-0.2, 0) is 6.42 Å². The highest BCUT2D eigenvalue weighted by molar-refractivity contribution is 5.66. The maximum atomic E-state index is 14.9. The van der Waals surface area contributed by atoms with Gasteiger partial charge in [-0.05, 0) is 79.9 Å². The first kappa shape index (κ1) is 25.1. The van der Waals surface area contributed by atoms with Crippen molar-refractivity contribution in [1.29, 1.82) is 0 Å². The van der Waals surface area contributed by atoms with Crippen molar-refractivity contribution in [3.8, 4) is 16.9 Å². The molecule has 0 heterocycles. The van der Waals surface area contributed by atoms with Crippen LogP contribution in [0, 0.1) is 46.9 Å². The average Bonchev–Trinajstić information content (AvgIpc) is 2.84. The van der Waals surface area contributed by atoms with Crippen molar-refractivity contribution in [2.75, 3.05) is 6.61 Å². The van der Waals surface area contributed by atoms with Gasteiger partial charge in [0.15, 0.2) is 23.2 Å². The number of hydrogen-bond acceptors (Lipinski definition) is 1. The number of hydrogen-bond donors (Lipinski definition) is 0. The second-order valence-electron chi connectivity index (χ2n) is 10.4. The first-order valence-corrected chi connectivity index (χ1v) is 13.0. The predicted octanol–water partition coefficient (Wildman–Crippen LogP) is 8.87. The zero-order valence-electron chi connectivity index (χ0n) is 20.3. The Labute approximate surface area is 200 Å². The van der Waals surface area contributed by atoms with Crippen LogP contribution in [-0.4, -0.2) is 6.61 Å². The first-order chi connectivity index (χ1) is 16.4. The SMILES string of the molecule is CCCc1ccc(-c2ccc(OCC3CCC4CC(CCC)CCC4C3)c(F)c2F)c(F)c1F. The number of rotatable bonds is 8. The molecule has 2 aromatic rings. The van der Waals surface area contributed by atoms with E-state index in [0.717, 1.165) is 24.7 Å². The van der Waals surface area contributed by atoms with Crippen molar-refractivity contribution in [2.45, 2.75) is 78.1 Å². The van der Waals surface area contributed by atoms with E-state index >= 15 is 0 Å². The highest BCUT2D eigenvalue weighted by atomic mass is 19.2. The maximum absolute atomic E-state index is 14.9. The Balaban J connectivity index is 1.40. The minimum atomic E-state index is -1.21. The summed E-state index contributed by atoms with van der Waals surface area (Å²) in [5.41, 5.74) is -0.343. The van der Waals surface area contributed by atoms with E-state index < -0.39 is 23.3 Å². The Morgan fingerprint density at radius 3 is 2.00 bits per heavy atom. The highest BCUT2D eigenvalue weighted by Crippen LogP contribution is 2.46. The number of halogens is 4. The molecule has 0 aromatic heterocycles. The van der Waals surface area contributed by atoms with E-state index in [-0.39, 0.29) is 22.4 Å². The Hall–Kier alpha value is -2.04. The van der Waals surface area contributed by atoms with Crippen LogP contribution in [0.5, 0.6) is 5.75 Å². The van der Waals surface area contributed by atoms with E-state index in [1.807, 2.05) is 6.92 Å². The monoisotopic (exact) mass is 476 g/mol. The topological polar surface area (TPSA) is 9.23 Å². The lowest BCUT2D eigenvalue weighted by Crippen LogP contribution is -2.33. The molecule has 0 aliphatic heterocycles. The van der Waals surface area contributed by atoms with Gasteiger partial charge in [0.2, 0.25) is 5.82 Å². The van der Waals surface area contributed by atoms with Gasteiger partial charge < -0.3 is 4.74 Å². The zero-order valence-corrected chi connectivity index (χ0v) is 20.3. The predicted molar refractivity (Wildman–Crippen MR) is 128 cm³/mol. The molecule has 2 aromatic carbocycles. The van der Waals surface area contributed by atoms with Crippen LogP contribution in [0.2, 0.25) is 0 Å². The first-order valence-electron chi connectivity index (χ1n) is 13.0. The summed E-state index contributed by atoms with van der Waals surface area (Å²) in [5.74, 6) is -1.96. The summed E-state index contributed by atoms with van der Waals surface area (Å²) in [4.78, 5) is 0. The molecule has 0 saturated heterocycles. The Kier molecular flexibility index (Phi) is 8.21. The van der Waals surface area contributed by atoms with E-state index in [4.69, 9.17) is 4.74 Å². The molecule has 2 aliphatic rings. The van der Waals surface area contributed by atoms with E-state index in [2.05, 4.69) is 6.92 Å². The molecule has 0 N–H and O–H groups in total. The Bertz CT molecular complexity index is 989. The smallest absolute Gasteiger partial charge is 0.201 e. The summed E-state index contributed by atoms with van der Waals surface area (Å²) < 4.78 is 64.3. The molecule has 0 spiro atoms. The molecule has 2 aliphatic carbocycles. The lowest BCUT2D eigenvalue weighted by molar-refractivity contribution is 0.0739. The number of benzene rings is 2. The number of aryl methyl sites for hydroxylation is 1. The number of ether oxygens (including phenoxy) is 1. The Morgan fingerprint density at radius 2 is 1.32 bits per heavy atom. The fraction of sp³-hybridized carbons (Fsp3) is 0.586. The quantitative estimate of drug-likeness (QED) is 0.346. The van der Waals surface area contributed by atoms with Crippen LogP contribution in [0.3, 0.4) is 0 Å². The largest absolute Gasteiger partial charge is 0.490 e. The van der Waals surface area contributed by atoms with Crippen LogP contribution in [0.25, 0.3) is 11.1 Å². The highest BCUT2D eigenvalue weighted by Gasteiger charge is 2.35. The molecular weight excluding hydrogens is 440 g/mol. The van der Waals surface area contributed by atoms with Gasteiger partial charge >= 0.3 is 0 Å². The van der Waals surface area contributed by atoms with Crippen molar-refractivity contribution in [3.63, 3.8) is 0 Å². The van der Waals surface area contributed by atoms with Gasteiger partial charge in [0, 0.05) is 11.1 Å². The fourth-order valence-corrected chi connectivity index (χ4v) is 6.22. The molecule has 0 bridgehead atoms. The summed E-state index contributed by atoms with van der Waals surface area (Å²) in [6, 6.07) is 5.35. The molecule has 186 valence electrons. The van der Waals surface area contributed by atoms with Crippen molar-refractivity contribution < 1.29 is 22.3 Å². The lowest BCUT2D eigenvalue weighted by Gasteiger charge is -2.42. The van der Waals surface area contributed by atoms with Crippen LogP contribution < -0.4 is 4.74 Å². The van der Waals surface area contributed by atoms with Gasteiger partial charge in [-0.25, -0.2) is 13.2 Å². The van der Waals surface area contributed by atoms with Crippen LogP contribution in [0.4, 0.5) is 17.6 Å². The van der Waals surface area contributed by atoms with Crippen molar-refractivity contribution in [3.05, 3.63) is 53.1 Å². The van der Waals surface area contributed by atoms with Crippen molar-refractivity contribution in [1.82, 2.24) is 0 Å². The third-order valence-electron chi connectivity index (χ3n) is 8.02. The van der Waals surface area contributed by atoms with E-state index in [9.17, 15) is 17.6 Å². The molecule has 5 heteroatoms. The van der Waals surface area contributed by atoms with Gasteiger partial charge in [0.25, 0.3) is 0 Å². The maximum Gasteiger partial charge on any atom is 0.201 e. The standard InChI is InChI=1S/C29H36F4O/c1-3-5-18-7-9-22-16-19(8-10-21(22)15-18)17-34-25-14-13-24(28(32)29(25)33)23-12-11-20(6-4-2)26(30)27(23)31/h11-14,18-19,21-22H,3-10,15-17H2,1-2H3. The molecule has 4 atom stereocenters. The number of fused-ring (bicyclic) bond motifs is 1. The van der Waals surface area contributed by atoms with E-state index in [0.29, 0.717) is 31.3 Å². The molecule has 34 heavy (non-hydrogen) atoms. The molecule has 2 saturated carbocycles. The zero-order chi connectivity index (χ0) is 24.2. The van der Waals surface area contributed by atoms with E-state index in [1.165, 1.54) is 62.8 Å². The van der Waals surface area contributed by atoms with Crippen LogP contribution >= 0.6 is 0 Å². The van der Waals surface area contributed by atoms with Gasteiger partial charge in [-0.2, -0.15) is 4.39 Å². The van der Waals surface area contributed by atoms with Crippen molar-refractivity contribution in [2.24, 2.45) is 23.7 Å². The van der Waals surface area contributed by atoms with E-state index in [1.54, 1.807) is 0 Å². The van der Waals surface area contributed by atoms with Gasteiger partial charge in [0.05, 0.1) is 6.61 Å². The fourth-order valence-electron chi connectivity index (χ4n) is 6.22. The minimum absolute atomic E-state index is 0.168. The second-order valence-corrected chi connectivity index (χ2v) is 10.4. The third kappa shape index (κ3) is 5.28. The summed E-state index contributed by atoms with van der Waals surface area (Å²) in [6.45, 7) is 4.47. The second kappa shape index (κ2) is 11.1. The molecule has 1 nitrogen and oxygen atoms in total. The summed E-state index contributed by atoms with van der Waals surface area (Å²) in [7, 11) is 0. The summed E-state index contributed by atoms with van der Waals surface area (Å²) in [6.07, 6.45) is 10.9. The summed E-state index contributed by atoms with van der Waals surface area (Å²) >= 11 is 0. The molecule has 2 fully saturated rings. The van der Waals surface area contributed by atoms with Gasteiger partial charge in [-0.15, -0.1) is 0 Å². The van der Waals surface area contributed by atoms with Gasteiger partial charge in [-0.3, -0.25) is 0 Å². The third-order valence-corrected chi connectivity index (χ3v) is 8.02. The summed E-state index contributed by atoms with van der Waals surface area (Å²) in [5, 5.41) is 0. The van der Waals surface area contributed by atoms with Crippen LogP contribution in [0.1, 0.15) is 77.2 Å². The lowest BCUT2D eigenvalue weighted by atomic mass is 9.64. The Morgan fingerprint density at radius 1 is 0.706 bits per heavy atom.